The van der Waals surface area contributed by atoms with Crippen LogP contribution in [0.2, 0.25) is 0 Å². The van der Waals surface area contributed by atoms with Gasteiger partial charge in [0.05, 0.1) is 0 Å². The zero-order valence-corrected chi connectivity index (χ0v) is 22.3. The minimum absolute atomic E-state index is 0.194. The fourth-order valence-electron chi connectivity index (χ4n) is 4.34. The summed E-state index contributed by atoms with van der Waals surface area (Å²) < 4.78 is 10.8. The number of fused-ring (bicyclic) bond motifs is 2. The molecule has 2 aromatic carbocycles. The molecule has 0 aliphatic carbocycles. The Balaban J connectivity index is 0.983. The highest BCUT2D eigenvalue weighted by molar-refractivity contribution is 8.76. The van der Waals surface area contributed by atoms with Gasteiger partial charge in [0.25, 0.3) is 0 Å². The number of unbranched alkanes of at least 4 members (excludes halogenated alkanes) is 6. The fourth-order valence-corrected chi connectivity index (χ4v) is 6.63. The van der Waals surface area contributed by atoms with E-state index in [1.807, 2.05) is 82.3 Å². The van der Waals surface area contributed by atoms with Crippen LogP contribution in [-0.4, -0.2) is 11.5 Å². The zero-order valence-electron chi connectivity index (χ0n) is 20.7. The summed E-state index contributed by atoms with van der Waals surface area (Å²) in [5.74, 6) is 2.36. The average Bonchev–Trinajstić information content (AvgIpc) is 2.89. The lowest BCUT2D eigenvalue weighted by molar-refractivity contribution is 0.544. The van der Waals surface area contributed by atoms with Gasteiger partial charge >= 0.3 is 11.3 Å². The molecule has 0 radical (unpaired) electrons. The monoisotopic (exact) mass is 522 g/mol. The van der Waals surface area contributed by atoms with Gasteiger partial charge in [-0.2, -0.15) is 0 Å². The van der Waals surface area contributed by atoms with Crippen molar-refractivity contribution in [1.82, 2.24) is 0 Å². The first kappa shape index (κ1) is 26.6. The maximum atomic E-state index is 12.1. The van der Waals surface area contributed by atoms with E-state index in [2.05, 4.69) is 0 Å². The lowest BCUT2D eigenvalue weighted by Crippen LogP contribution is -2.06. The van der Waals surface area contributed by atoms with Gasteiger partial charge in [0, 0.05) is 33.4 Å². The van der Waals surface area contributed by atoms with Crippen molar-refractivity contribution in [3.05, 3.63) is 92.6 Å². The molecule has 4 rings (SSSR count). The first-order valence-corrected chi connectivity index (χ1v) is 15.5. The molecule has 0 saturated carbocycles. The Morgan fingerprint density at radius 3 is 1.42 bits per heavy atom. The molecule has 36 heavy (non-hydrogen) atoms. The molecule has 0 saturated heterocycles. The first-order valence-electron chi connectivity index (χ1n) is 13.0. The van der Waals surface area contributed by atoms with Crippen molar-refractivity contribution in [2.75, 3.05) is 11.5 Å². The van der Waals surface area contributed by atoms with Crippen molar-refractivity contribution >= 4 is 43.5 Å². The molecule has 190 valence electrons. The average molecular weight is 523 g/mol. The van der Waals surface area contributed by atoms with Gasteiger partial charge in [-0.05, 0) is 62.8 Å². The topological polar surface area (TPSA) is 60.4 Å². The van der Waals surface area contributed by atoms with Crippen molar-refractivity contribution in [2.45, 2.75) is 64.2 Å². The molecule has 0 aliphatic rings. The van der Waals surface area contributed by atoms with Crippen LogP contribution in [-0.2, 0) is 12.8 Å². The normalized spacial score (nSPS) is 11.4. The molecule has 0 fully saturated rings. The third-order valence-electron chi connectivity index (χ3n) is 6.36. The highest BCUT2D eigenvalue weighted by Gasteiger charge is 2.06. The lowest BCUT2D eigenvalue weighted by atomic mass is 10.1. The molecule has 0 atom stereocenters. The maximum absolute atomic E-state index is 12.1. The minimum atomic E-state index is -0.194. The van der Waals surface area contributed by atoms with Crippen LogP contribution in [0, 0.1) is 0 Å². The van der Waals surface area contributed by atoms with E-state index >= 15 is 0 Å². The van der Waals surface area contributed by atoms with Crippen molar-refractivity contribution in [1.29, 1.82) is 0 Å². The summed E-state index contributed by atoms with van der Waals surface area (Å²) in [6.45, 7) is 0. The zero-order chi connectivity index (χ0) is 25.0. The predicted octanol–water partition coefficient (Wildman–Crippen LogP) is 8.19. The van der Waals surface area contributed by atoms with Crippen molar-refractivity contribution in [3.8, 4) is 0 Å². The van der Waals surface area contributed by atoms with E-state index < -0.39 is 0 Å². The Kier molecular flexibility index (Phi) is 10.6. The summed E-state index contributed by atoms with van der Waals surface area (Å²) in [6.07, 6.45) is 10.8. The summed E-state index contributed by atoms with van der Waals surface area (Å²) in [6, 6.07) is 19.3. The van der Waals surface area contributed by atoms with Crippen LogP contribution >= 0.6 is 21.6 Å². The Hall–Kier alpha value is -2.44. The van der Waals surface area contributed by atoms with Gasteiger partial charge in [-0.3, -0.25) is 0 Å². The molecule has 2 heterocycles. The van der Waals surface area contributed by atoms with E-state index in [-0.39, 0.29) is 11.3 Å². The standard InChI is InChI=1S/C30H34O4S2/c31-29-25(21-23-13-7-9-17-27(23)33-29)15-5-1-3-11-19-35-36-20-12-4-2-6-16-26-22-24-14-8-10-18-28(24)34-30(26)32/h7-10,13-14,17-18,21-22H,1-6,11-12,15-16,19-20H2. The second-order valence-corrected chi connectivity index (χ2v) is 11.9. The Labute approximate surface area is 220 Å². The Morgan fingerprint density at radius 2 is 0.944 bits per heavy atom. The maximum Gasteiger partial charge on any atom is 0.339 e. The largest absolute Gasteiger partial charge is 0.423 e. The third kappa shape index (κ3) is 8.04. The summed E-state index contributed by atoms with van der Waals surface area (Å²) in [7, 11) is 3.95. The second-order valence-electron chi connectivity index (χ2n) is 9.17. The number of hydrogen-bond acceptors (Lipinski definition) is 6. The van der Waals surface area contributed by atoms with Gasteiger partial charge in [-0.1, -0.05) is 83.7 Å². The molecule has 2 aromatic heterocycles. The summed E-state index contributed by atoms with van der Waals surface area (Å²) >= 11 is 0. The van der Waals surface area contributed by atoms with E-state index in [9.17, 15) is 9.59 Å². The quantitative estimate of drug-likeness (QED) is 0.0891. The van der Waals surface area contributed by atoms with E-state index in [0.29, 0.717) is 11.2 Å². The SMILES string of the molecule is O=c1oc2ccccc2cc1CCCCCCSSCCCCCCc1cc2ccccc2oc1=O. The van der Waals surface area contributed by atoms with Crippen molar-refractivity contribution in [2.24, 2.45) is 0 Å². The third-order valence-corrected chi connectivity index (χ3v) is 8.94. The van der Waals surface area contributed by atoms with Crippen molar-refractivity contribution < 1.29 is 8.83 Å². The summed E-state index contributed by atoms with van der Waals surface area (Å²) in [5.41, 5.74) is 2.52. The van der Waals surface area contributed by atoms with Crippen LogP contribution in [0.15, 0.2) is 79.1 Å². The Morgan fingerprint density at radius 1 is 0.528 bits per heavy atom. The van der Waals surface area contributed by atoms with Gasteiger partial charge in [0.1, 0.15) is 11.2 Å². The van der Waals surface area contributed by atoms with Gasteiger partial charge in [-0.25, -0.2) is 9.59 Å². The molecular weight excluding hydrogens is 488 g/mol. The van der Waals surface area contributed by atoms with Gasteiger partial charge in [0.15, 0.2) is 0 Å². The van der Waals surface area contributed by atoms with Crippen LogP contribution < -0.4 is 11.3 Å². The summed E-state index contributed by atoms with van der Waals surface area (Å²) in [5, 5.41) is 2.00. The molecule has 0 N–H and O–H groups in total. The molecule has 0 unspecified atom stereocenters. The first-order chi connectivity index (χ1) is 17.7. The molecule has 0 bridgehead atoms. The number of hydrogen-bond donors (Lipinski definition) is 0. The molecule has 0 spiro atoms. The lowest BCUT2D eigenvalue weighted by Gasteiger charge is -2.04. The second kappa shape index (κ2) is 14.3. The van der Waals surface area contributed by atoms with E-state index in [1.54, 1.807) is 0 Å². The van der Waals surface area contributed by atoms with Crippen LogP contribution in [0.1, 0.15) is 62.5 Å². The van der Waals surface area contributed by atoms with Crippen LogP contribution in [0.4, 0.5) is 0 Å². The number of benzene rings is 2. The Bertz CT molecular complexity index is 1250. The van der Waals surface area contributed by atoms with Crippen molar-refractivity contribution in [3.63, 3.8) is 0 Å². The molecule has 0 aliphatic heterocycles. The van der Waals surface area contributed by atoms with E-state index in [4.69, 9.17) is 8.83 Å². The van der Waals surface area contributed by atoms with Crippen LogP contribution in [0.3, 0.4) is 0 Å². The highest BCUT2D eigenvalue weighted by Crippen LogP contribution is 2.25. The van der Waals surface area contributed by atoms with Gasteiger partial charge < -0.3 is 8.83 Å². The van der Waals surface area contributed by atoms with Gasteiger partial charge in [0.2, 0.25) is 0 Å². The number of para-hydroxylation sites is 2. The van der Waals surface area contributed by atoms with E-state index in [1.165, 1.54) is 37.2 Å². The number of aryl methyl sites for hydroxylation is 2. The predicted molar refractivity (Wildman–Crippen MR) is 154 cm³/mol. The highest BCUT2D eigenvalue weighted by atomic mass is 33.1. The molecule has 4 aromatic rings. The molecule has 6 heteroatoms. The number of rotatable bonds is 15. The molecule has 0 amide bonds. The van der Waals surface area contributed by atoms with Gasteiger partial charge in [-0.15, -0.1) is 0 Å². The smallest absolute Gasteiger partial charge is 0.339 e. The van der Waals surface area contributed by atoms with Crippen LogP contribution in [0.25, 0.3) is 21.9 Å². The van der Waals surface area contributed by atoms with E-state index in [0.717, 1.165) is 60.4 Å². The molecular formula is C30H34O4S2. The fraction of sp³-hybridized carbons (Fsp3) is 0.400. The minimum Gasteiger partial charge on any atom is -0.423 e. The summed E-state index contributed by atoms with van der Waals surface area (Å²) in [4.78, 5) is 24.2. The molecule has 4 nitrogen and oxygen atoms in total. The van der Waals surface area contributed by atoms with Crippen LogP contribution in [0.5, 0.6) is 0 Å².